The Labute approximate surface area is 210 Å². The van der Waals surface area contributed by atoms with Gasteiger partial charge in [0.15, 0.2) is 11.6 Å². The van der Waals surface area contributed by atoms with Crippen molar-refractivity contribution < 1.29 is 30.4 Å². The number of sulfonamides is 2. The Morgan fingerprint density at radius 3 is 2.39 bits per heavy atom. The van der Waals surface area contributed by atoms with Crippen LogP contribution in [0.15, 0.2) is 59.3 Å². The topological polar surface area (TPSA) is 104 Å². The number of benzene rings is 2. The standard InChI is InChI=1S/C24H29F2N3O5S2/c1-4-35(31,32)27-15-18-11-12-29(16-18)36(33,34)20-8-6-19(7-9-20)21(24(30)28(2)3)13-17-5-10-22(25)23(26)14-17/h4-10,14,18,21,27H,1,11-13,15-16H2,2-3H3/t18-,21?/m1/s1. The summed E-state index contributed by atoms with van der Waals surface area (Å²) < 4.78 is 80.1. The molecule has 12 heteroatoms. The minimum Gasteiger partial charge on any atom is -0.348 e. The number of hydrogen-bond donors (Lipinski definition) is 1. The van der Waals surface area contributed by atoms with Gasteiger partial charge in [-0.15, -0.1) is 0 Å². The molecule has 1 amide bonds. The van der Waals surface area contributed by atoms with Crippen LogP contribution in [0.4, 0.5) is 8.78 Å². The van der Waals surface area contributed by atoms with E-state index >= 15 is 0 Å². The number of hydrogen-bond acceptors (Lipinski definition) is 5. The number of carbonyl (C=O) groups excluding carboxylic acids is 1. The molecule has 0 saturated carbocycles. The summed E-state index contributed by atoms with van der Waals surface area (Å²) in [5.74, 6) is -3.15. The van der Waals surface area contributed by atoms with Crippen LogP contribution >= 0.6 is 0 Å². The van der Waals surface area contributed by atoms with E-state index in [1.165, 1.54) is 27.4 Å². The predicted molar refractivity (Wildman–Crippen MR) is 132 cm³/mol. The Balaban J connectivity index is 1.77. The van der Waals surface area contributed by atoms with Crippen LogP contribution in [0.5, 0.6) is 0 Å². The van der Waals surface area contributed by atoms with Crippen LogP contribution in [0.3, 0.4) is 0 Å². The maximum atomic E-state index is 13.7. The molecule has 1 aliphatic heterocycles. The number of likely N-dealkylation sites (N-methyl/N-ethyl adjacent to an activating group) is 1. The first-order valence-corrected chi connectivity index (χ1v) is 14.2. The van der Waals surface area contributed by atoms with Gasteiger partial charge in [0, 0.05) is 39.1 Å². The quantitative estimate of drug-likeness (QED) is 0.498. The van der Waals surface area contributed by atoms with Crippen molar-refractivity contribution in [1.82, 2.24) is 13.9 Å². The maximum Gasteiger partial charge on any atom is 0.243 e. The maximum absolute atomic E-state index is 13.7. The molecule has 36 heavy (non-hydrogen) atoms. The molecule has 196 valence electrons. The average Bonchev–Trinajstić information content (AvgIpc) is 3.33. The normalized spacial score (nSPS) is 17.6. The molecular formula is C24H29F2N3O5S2. The Morgan fingerprint density at radius 1 is 1.14 bits per heavy atom. The fourth-order valence-electron chi connectivity index (χ4n) is 4.06. The van der Waals surface area contributed by atoms with E-state index < -0.39 is 37.6 Å². The van der Waals surface area contributed by atoms with Crippen LogP contribution in [0.1, 0.15) is 23.5 Å². The van der Waals surface area contributed by atoms with E-state index in [1.54, 1.807) is 26.2 Å². The van der Waals surface area contributed by atoms with Gasteiger partial charge in [-0.2, -0.15) is 4.31 Å². The molecule has 0 spiro atoms. The van der Waals surface area contributed by atoms with E-state index in [0.29, 0.717) is 17.5 Å². The van der Waals surface area contributed by atoms with Crippen molar-refractivity contribution in [2.24, 2.45) is 5.92 Å². The molecule has 0 bridgehead atoms. The summed E-state index contributed by atoms with van der Waals surface area (Å²) in [7, 11) is -4.26. The lowest BCUT2D eigenvalue weighted by atomic mass is 9.91. The molecular weight excluding hydrogens is 512 g/mol. The molecule has 1 aliphatic rings. The van der Waals surface area contributed by atoms with Crippen molar-refractivity contribution in [2.45, 2.75) is 23.7 Å². The highest BCUT2D eigenvalue weighted by atomic mass is 32.2. The zero-order valence-electron chi connectivity index (χ0n) is 20.0. The molecule has 0 aliphatic carbocycles. The van der Waals surface area contributed by atoms with Crippen LogP contribution < -0.4 is 4.72 Å². The first-order valence-electron chi connectivity index (χ1n) is 11.2. The zero-order chi connectivity index (χ0) is 26.7. The summed E-state index contributed by atoms with van der Waals surface area (Å²) in [5, 5.41) is 0.804. The second kappa shape index (κ2) is 11.2. The summed E-state index contributed by atoms with van der Waals surface area (Å²) in [6.07, 6.45) is 0.610. The SMILES string of the molecule is C=CS(=O)(=O)NC[C@H]1CCN(S(=O)(=O)c2ccc(C(Cc3ccc(F)c(F)c3)C(=O)N(C)C)cc2)C1. The number of amides is 1. The van der Waals surface area contributed by atoms with Crippen LogP contribution in [-0.4, -0.2) is 65.7 Å². The Bertz CT molecular complexity index is 1330. The number of rotatable bonds is 10. The first-order chi connectivity index (χ1) is 16.8. The number of nitrogens with one attached hydrogen (secondary N) is 1. The first kappa shape index (κ1) is 27.9. The van der Waals surface area contributed by atoms with Crippen molar-refractivity contribution in [3.05, 3.63) is 77.2 Å². The summed E-state index contributed by atoms with van der Waals surface area (Å²) in [6.45, 7) is 3.76. The van der Waals surface area contributed by atoms with Gasteiger partial charge in [0.05, 0.1) is 10.8 Å². The fourth-order valence-corrected chi connectivity index (χ4v) is 6.17. The van der Waals surface area contributed by atoms with Gasteiger partial charge in [0.2, 0.25) is 26.0 Å². The molecule has 1 fully saturated rings. The van der Waals surface area contributed by atoms with E-state index in [9.17, 15) is 30.4 Å². The van der Waals surface area contributed by atoms with Gasteiger partial charge in [-0.3, -0.25) is 4.79 Å². The molecule has 0 aromatic heterocycles. The van der Waals surface area contributed by atoms with Crippen molar-refractivity contribution in [3.8, 4) is 0 Å². The molecule has 1 unspecified atom stereocenters. The summed E-state index contributed by atoms with van der Waals surface area (Å²) in [5.41, 5.74) is 0.969. The second-order valence-corrected chi connectivity index (χ2v) is 12.5. The molecule has 0 radical (unpaired) electrons. The fraction of sp³-hybridized carbons (Fsp3) is 0.375. The molecule has 2 aromatic carbocycles. The van der Waals surface area contributed by atoms with E-state index in [-0.39, 0.29) is 42.8 Å². The molecule has 2 aromatic rings. The van der Waals surface area contributed by atoms with E-state index in [0.717, 1.165) is 17.5 Å². The predicted octanol–water partition coefficient (Wildman–Crippen LogP) is 2.45. The second-order valence-electron chi connectivity index (χ2n) is 8.88. The lowest BCUT2D eigenvalue weighted by Gasteiger charge is -2.22. The molecule has 1 N–H and O–H groups in total. The van der Waals surface area contributed by atoms with E-state index in [2.05, 4.69) is 11.3 Å². The lowest BCUT2D eigenvalue weighted by Crippen LogP contribution is -2.32. The highest BCUT2D eigenvalue weighted by Crippen LogP contribution is 2.28. The van der Waals surface area contributed by atoms with Gasteiger partial charge in [-0.1, -0.05) is 24.8 Å². The molecule has 1 heterocycles. The number of carbonyl (C=O) groups is 1. The van der Waals surface area contributed by atoms with E-state index in [4.69, 9.17) is 0 Å². The van der Waals surface area contributed by atoms with Crippen molar-refractivity contribution in [2.75, 3.05) is 33.7 Å². The lowest BCUT2D eigenvalue weighted by molar-refractivity contribution is -0.130. The van der Waals surface area contributed by atoms with Crippen LogP contribution in [0.2, 0.25) is 0 Å². The highest BCUT2D eigenvalue weighted by molar-refractivity contribution is 7.92. The summed E-state index contributed by atoms with van der Waals surface area (Å²) >= 11 is 0. The van der Waals surface area contributed by atoms with Crippen molar-refractivity contribution in [1.29, 1.82) is 0 Å². The molecule has 3 rings (SSSR count). The Morgan fingerprint density at radius 2 is 1.81 bits per heavy atom. The summed E-state index contributed by atoms with van der Waals surface area (Å²) in [6, 6.07) is 9.38. The van der Waals surface area contributed by atoms with Gasteiger partial charge in [-0.05, 0) is 54.2 Å². The minimum atomic E-state index is -3.83. The van der Waals surface area contributed by atoms with Crippen LogP contribution in [0.25, 0.3) is 0 Å². The molecule has 8 nitrogen and oxygen atoms in total. The third-order valence-corrected chi connectivity index (χ3v) is 9.01. The Kier molecular flexibility index (Phi) is 8.65. The highest BCUT2D eigenvalue weighted by Gasteiger charge is 2.33. The van der Waals surface area contributed by atoms with Crippen molar-refractivity contribution in [3.63, 3.8) is 0 Å². The van der Waals surface area contributed by atoms with E-state index in [1.807, 2.05) is 0 Å². The van der Waals surface area contributed by atoms with Gasteiger partial charge in [0.25, 0.3) is 0 Å². The zero-order valence-corrected chi connectivity index (χ0v) is 21.7. The van der Waals surface area contributed by atoms with Crippen LogP contribution in [-0.2, 0) is 31.3 Å². The molecule has 1 saturated heterocycles. The average molecular weight is 542 g/mol. The smallest absolute Gasteiger partial charge is 0.243 e. The third-order valence-electron chi connectivity index (χ3n) is 6.12. The van der Waals surface area contributed by atoms with Gasteiger partial charge >= 0.3 is 0 Å². The monoisotopic (exact) mass is 541 g/mol. The number of nitrogens with zero attached hydrogens (tertiary/aromatic N) is 2. The minimum absolute atomic E-state index is 0.0439. The Hall–Kier alpha value is -2.67. The van der Waals surface area contributed by atoms with Crippen molar-refractivity contribution >= 4 is 26.0 Å². The van der Waals surface area contributed by atoms with Crippen LogP contribution in [0, 0.1) is 17.6 Å². The third kappa shape index (κ3) is 6.55. The van der Waals surface area contributed by atoms with Gasteiger partial charge < -0.3 is 4.90 Å². The largest absolute Gasteiger partial charge is 0.348 e. The molecule has 2 atom stereocenters. The number of halogens is 2. The summed E-state index contributed by atoms with van der Waals surface area (Å²) in [4.78, 5) is 14.3. The van der Waals surface area contributed by atoms with Gasteiger partial charge in [-0.25, -0.2) is 30.3 Å². The van der Waals surface area contributed by atoms with Gasteiger partial charge in [0.1, 0.15) is 0 Å².